The highest BCUT2D eigenvalue weighted by molar-refractivity contribution is 7.99. The van der Waals surface area contributed by atoms with Crippen LogP contribution in [0.25, 0.3) is 6.08 Å². The number of methoxy groups -OCH3 is 1. The minimum absolute atomic E-state index is 0.164. The molecular weight excluding hydrogens is 260 g/mol. The molecule has 3 nitrogen and oxygen atoms in total. The van der Waals surface area contributed by atoms with Crippen molar-refractivity contribution in [3.63, 3.8) is 0 Å². The van der Waals surface area contributed by atoms with Crippen LogP contribution >= 0.6 is 11.8 Å². The number of hydrogen-bond acceptors (Lipinski definition) is 3. The summed E-state index contributed by atoms with van der Waals surface area (Å²) < 4.78 is 5.38. The van der Waals surface area contributed by atoms with E-state index in [9.17, 15) is 4.79 Å². The average Bonchev–Trinajstić information content (AvgIpc) is 2.33. The molecule has 0 atom stereocenters. The van der Waals surface area contributed by atoms with Crippen LogP contribution in [0.1, 0.15) is 31.9 Å². The Bertz CT molecular complexity index is 473. The van der Waals surface area contributed by atoms with Gasteiger partial charge in [0.2, 0.25) is 0 Å². The summed E-state index contributed by atoms with van der Waals surface area (Å²) in [6.45, 7) is 6.47. The fourth-order valence-electron chi connectivity index (χ4n) is 1.45. The highest BCUT2D eigenvalue weighted by atomic mass is 32.2. The molecule has 1 aromatic rings. The maximum atomic E-state index is 10.6. The van der Waals surface area contributed by atoms with E-state index in [1.807, 2.05) is 30.0 Å². The van der Waals surface area contributed by atoms with E-state index in [-0.39, 0.29) is 4.75 Å². The van der Waals surface area contributed by atoms with Crippen molar-refractivity contribution in [1.29, 1.82) is 0 Å². The van der Waals surface area contributed by atoms with Crippen LogP contribution in [0.5, 0.6) is 5.75 Å². The highest BCUT2D eigenvalue weighted by Gasteiger charge is 2.12. The molecule has 0 radical (unpaired) electrons. The second-order valence-electron chi connectivity index (χ2n) is 5.14. The zero-order valence-electron chi connectivity index (χ0n) is 11.8. The first kappa shape index (κ1) is 15.6. The Morgan fingerprint density at radius 1 is 1.42 bits per heavy atom. The monoisotopic (exact) mass is 280 g/mol. The number of carboxylic acids is 1. The molecule has 19 heavy (non-hydrogen) atoms. The van der Waals surface area contributed by atoms with E-state index >= 15 is 0 Å². The van der Waals surface area contributed by atoms with E-state index in [0.29, 0.717) is 0 Å². The van der Waals surface area contributed by atoms with Crippen LogP contribution in [0.15, 0.2) is 24.3 Å². The van der Waals surface area contributed by atoms with Crippen molar-refractivity contribution in [1.82, 2.24) is 0 Å². The Morgan fingerprint density at radius 3 is 2.63 bits per heavy atom. The second kappa shape index (κ2) is 6.66. The molecule has 0 aliphatic carbocycles. The zero-order chi connectivity index (χ0) is 14.5. The topological polar surface area (TPSA) is 46.5 Å². The smallest absolute Gasteiger partial charge is 0.328 e. The minimum Gasteiger partial charge on any atom is -0.497 e. The van der Waals surface area contributed by atoms with Gasteiger partial charge in [-0.15, -0.1) is 0 Å². The van der Waals surface area contributed by atoms with Crippen molar-refractivity contribution in [2.24, 2.45) is 0 Å². The summed E-state index contributed by atoms with van der Waals surface area (Å²) in [5, 5.41) is 8.71. The molecule has 0 aromatic heterocycles. The van der Waals surface area contributed by atoms with E-state index in [4.69, 9.17) is 9.84 Å². The molecule has 0 fully saturated rings. The van der Waals surface area contributed by atoms with Crippen molar-refractivity contribution in [2.75, 3.05) is 7.11 Å². The Balaban J connectivity index is 2.99. The number of aliphatic carboxylic acids is 1. The summed E-state index contributed by atoms with van der Waals surface area (Å²) in [4.78, 5) is 10.6. The van der Waals surface area contributed by atoms with E-state index < -0.39 is 5.97 Å². The molecule has 0 saturated heterocycles. The maximum absolute atomic E-state index is 10.6. The summed E-state index contributed by atoms with van der Waals surface area (Å²) in [7, 11) is 1.63. The van der Waals surface area contributed by atoms with Crippen LogP contribution in [-0.2, 0) is 10.5 Å². The van der Waals surface area contributed by atoms with Crippen molar-refractivity contribution in [2.45, 2.75) is 31.3 Å². The molecule has 1 aromatic carbocycles. The van der Waals surface area contributed by atoms with Crippen LogP contribution in [-0.4, -0.2) is 22.9 Å². The lowest BCUT2D eigenvalue weighted by atomic mass is 10.1. The summed E-state index contributed by atoms with van der Waals surface area (Å²) in [5.74, 6) is 0.669. The third kappa shape index (κ3) is 5.83. The Kier molecular flexibility index (Phi) is 5.48. The molecule has 0 aliphatic rings. The highest BCUT2D eigenvalue weighted by Crippen LogP contribution is 2.30. The van der Waals surface area contributed by atoms with Gasteiger partial charge in [-0.2, -0.15) is 11.8 Å². The van der Waals surface area contributed by atoms with E-state index in [0.717, 1.165) is 28.7 Å². The van der Waals surface area contributed by atoms with Gasteiger partial charge in [0.1, 0.15) is 5.75 Å². The van der Waals surface area contributed by atoms with Gasteiger partial charge in [-0.05, 0) is 29.3 Å². The van der Waals surface area contributed by atoms with Gasteiger partial charge in [-0.1, -0.05) is 26.8 Å². The van der Waals surface area contributed by atoms with Crippen molar-refractivity contribution in [3.8, 4) is 5.75 Å². The molecule has 0 heterocycles. The van der Waals surface area contributed by atoms with Gasteiger partial charge >= 0.3 is 5.97 Å². The molecule has 1 rings (SSSR count). The van der Waals surface area contributed by atoms with E-state index in [1.165, 1.54) is 0 Å². The average molecular weight is 280 g/mol. The zero-order valence-corrected chi connectivity index (χ0v) is 12.6. The third-order valence-corrected chi connectivity index (χ3v) is 3.74. The van der Waals surface area contributed by atoms with Gasteiger partial charge in [-0.3, -0.25) is 0 Å². The number of benzene rings is 1. The standard InChI is InChI=1S/C15H20O3S/c1-15(2,3)19-10-12-9-13(18-4)7-5-11(12)6-8-14(16)17/h5-9H,10H2,1-4H3,(H,16,17). The van der Waals surface area contributed by atoms with Gasteiger partial charge in [0.25, 0.3) is 0 Å². The Morgan fingerprint density at radius 2 is 2.11 bits per heavy atom. The quantitative estimate of drug-likeness (QED) is 0.833. The van der Waals surface area contributed by atoms with Crippen molar-refractivity contribution < 1.29 is 14.6 Å². The Labute approximate surface area is 118 Å². The van der Waals surface area contributed by atoms with Crippen LogP contribution in [0.2, 0.25) is 0 Å². The molecule has 0 unspecified atom stereocenters. The number of ether oxygens (including phenoxy) is 1. The first-order valence-corrected chi connectivity index (χ1v) is 7.02. The van der Waals surface area contributed by atoms with Crippen molar-refractivity contribution >= 4 is 23.8 Å². The number of hydrogen-bond donors (Lipinski definition) is 1. The fourth-order valence-corrected chi connectivity index (χ4v) is 2.29. The Hall–Kier alpha value is -1.42. The number of thioether (sulfide) groups is 1. The minimum atomic E-state index is -0.940. The molecule has 0 spiro atoms. The predicted molar refractivity (Wildman–Crippen MR) is 80.7 cm³/mol. The fraction of sp³-hybridized carbons (Fsp3) is 0.400. The third-order valence-electron chi connectivity index (χ3n) is 2.42. The molecule has 0 amide bonds. The molecule has 0 aliphatic heterocycles. The number of rotatable bonds is 5. The molecule has 0 saturated carbocycles. The second-order valence-corrected chi connectivity index (χ2v) is 6.94. The number of carbonyl (C=O) groups is 1. The van der Waals surface area contributed by atoms with E-state index in [1.54, 1.807) is 13.2 Å². The van der Waals surface area contributed by atoms with Crippen molar-refractivity contribution in [3.05, 3.63) is 35.4 Å². The summed E-state index contributed by atoms with van der Waals surface area (Å²) in [6.07, 6.45) is 2.79. The molecule has 104 valence electrons. The molecule has 4 heteroatoms. The van der Waals surface area contributed by atoms with Gasteiger partial charge in [0.15, 0.2) is 0 Å². The first-order valence-electron chi connectivity index (χ1n) is 6.04. The normalized spacial score (nSPS) is 11.8. The molecule has 0 bridgehead atoms. The molecular formula is C15H20O3S. The number of carboxylic acid groups (broad SMARTS) is 1. The lowest BCUT2D eigenvalue weighted by molar-refractivity contribution is -0.131. The first-order chi connectivity index (χ1) is 8.81. The van der Waals surface area contributed by atoms with Gasteiger partial charge in [-0.25, -0.2) is 4.79 Å². The predicted octanol–water partition coefficient (Wildman–Crippen LogP) is 3.82. The summed E-state index contributed by atoms with van der Waals surface area (Å²) >= 11 is 1.82. The van der Waals surface area contributed by atoms with Gasteiger partial charge in [0, 0.05) is 16.6 Å². The van der Waals surface area contributed by atoms with Crippen LogP contribution in [0, 0.1) is 0 Å². The SMILES string of the molecule is COc1ccc(C=CC(=O)O)c(CSC(C)(C)C)c1. The van der Waals surface area contributed by atoms with Crippen LogP contribution < -0.4 is 4.74 Å². The van der Waals surface area contributed by atoms with Gasteiger partial charge < -0.3 is 9.84 Å². The largest absolute Gasteiger partial charge is 0.497 e. The molecule has 1 N–H and O–H groups in total. The maximum Gasteiger partial charge on any atom is 0.328 e. The lowest BCUT2D eigenvalue weighted by Crippen LogP contribution is -2.07. The van der Waals surface area contributed by atoms with Gasteiger partial charge in [0.05, 0.1) is 7.11 Å². The van der Waals surface area contributed by atoms with Crippen LogP contribution in [0.3, 0.4) is 0 Å². The lowest BCUT2D eigenvalue weighted by Gasteiger charge is -2.18. The van der Waals surface area contributed by atoms with E-state index in [2.05, 4.69) is 20.8 Å². The summed E-state index contributed by atoms with van der Waals surface area (Å²) in [5.41, 5.74) is 2.00. The van der Waals surface area contributed by atoms with Crippen LogP contribution in [0.4, 0.5) is 0 Å². The summed E-state index contributed by atoms with van der Waals surface area (Å²) in [6, 6.07) is 5.68.